The van der Waals surface area contributed by atoms with Gasteiger partial charge in [-0.05, 0) is 63.6 Å². The van der Waals surface area contributed by atoms with Crippen LogP contribution in [0.25, 0.3) is 0 Å². The number of para-hydroxylation sites is 1. The molecule has 6 nitrogen and oxygen atoms in total. The minimum atomic E-state index is 0.121. The second-order valence-corrected chi connectivity index (χ2v) is 8.71. The van der Waals surface area contributed by atoms with E-state index >= 15 is 0 Å². The number of piperidine rings is 3. The Labute approximate surface area is 174 Å². The molecule has 6 heteroatoms. The predicted molar refractivity (Wildman–Crippen MR) is 115 cm³/mol. The Bertz CT molecular complexity index is 711. The van der Waals surface area contributed by atoms with Gasteiger partial charge in [-0.15, -0.1) is 0 Å². The third-order valence-corrected chi connectivity index (χ3v) is 6.54. The third kappa shape index (κ3) is 4.92. The number of carbonyl (C=O) groups excluding carboxylic acids is 2. The molecule has 0 aromatic heterocycles. The van der Waals surface area contributed by atoms with Gasteiger partial charge < -0.3 is 20.4 Å². The van der Waals surface area contributed by atoms with Crippen molar-refractivity contribution in [3.8, 4) is 0 Å². The van der Waals surface area contributed by atoms with Gasteiger partial charge in [-0.1, -0.05) is 12.1 Å². The third-order valence-electron chi connectivity index (χ3n) is 6.54. The molecule has 0 bridgehead atoms. The topological polar surface area (TPSA) is 64.7 Å². The second-order valence-electron chi connectivity index (χ2n) is 8.71. The van der Waals surface area contributed by atoms with Crippen molar-refractivity contribution in [1.29, 1.82) is 0 Å². The van der Waals surface area contributed by atoms with Crippen LogP contribution in [-0.4, -0.2) is 66.9 Å². The predicted octanol–water partition coefficient (Wildman–Crippen LogP) is 2.72. The lowest BCUT2D eigenvalue weighted by Gasteiger charge is -2.37. The molecule has 3 aliphatic heterocycles. The Morgan fingerprint density at radius 1 is 0.931 bits per heavy atom. The SMILES string of the molecule is O=C(c1ccccc1NC1CCCN(C(=O)C2CCCNC2)C1)N1CCCCC1. The Balaban J connectivity index is 1.41. The van der Waals surface area contributed by atoms with E-state index in [0.29, 0.717) is 5.91 Å². The fourth-order valence-electron chi connectivity index (χ4n) is 4.90. The number of hydrogen-bond donors (Lipinski definition) is 2. The molecule has 0 radical (unpaired) electrons. The highest BCUT2D eigenvalue weighted by Crippen LogP contribution is 2.24. The highest BCUT2D eigenvalue weighted by atomic mass is 16.2. The molecule has 29 heavy (non-hydrogen) atoms. The molecule has 2 N–H and O–H groups in total. The minimum Gasteiger partial charge on any atom is -0.380 e. The highest BCUT2D eigenvalue weighted by molar-refractivity contribution is 5.99. The molecule has 158 valence electrons. The van der Waals surface area contributed by atoms with Crippen molar-refractivity contribution in [1.82, 2.24) is 15.1 Å². The van der Waals surface area contributed by atoms with Crippen LogP contribution in [0.4, 0.5) is 5.69 Å². The summed E-state index contributed by atoms with van der Waals surface area (Å²) in [5.74, 6) is 0.543. The second kappa shape index (κ2) is 9.61. The summed E-state index contributed by atoms with van der Waals surface area (Å²) in [7, 11) is 0. The van der Waals surface area contributed by atoms with Gasteiger partial charge in [0.15, 0.2) is 0 Å². The maximum absolute atomic E-state index is 13.1. The molecule has 0 aliphatic carbocycles. The summed E-state index contributed by atoms with van der Waals surface area (Å²) in [5.41, 5.74) is 1.66. The molecule has 2 atom stereocenters. The summed E-state index contributed by atoms with van der Waals surface area (Å²) in [6, 6.07) is 8.05. The average molecular weight is 399 g/mol. The van der Waals surface area contributed by atoms with Crippen molar-refractivity contribution in [3.63, 3.8) is 0 Å². The van der Waals surface area contributed by atoms with Crippen LogP contribution in [0, 0.1) is 5.92 Å². The lowest BCUT2D eigenvalue weighted by molar-refractivity contribution is -0.137. The molecule has 4 rings (SSSR count). The first-order valence-corrected chi connectivity index (χ1v) is 11.4. The van der Waals surface area contributed by atoms with E-state index in [4.69, 9.17) is 0 Å². The number of rotatable bonds is 4. The van der Waals surface area contributed by atoms with Crippen LogP contribution in [0.3, 0.4) is 0 Å². The number of nitrogens with zero attached hydrogens (tertiary/aromatic N) is 2. The molecule has 0 saturated carbocycles. The van der Waals surface area contributed by atoms with E-state index in [-0.39, 0.29) is 17.9 Å². The molecule has 1 aromatic rings. The van der Waals surface area contributed by atoms with Gasteiger partial charge in [0, 0.05) is 44.5 Å². The molecule has 1 aromatic carbocycles. The van der Waals surface area contributed by atoms with Crippen LogP contribution in [0.15, 0.2) is 24.3 Å². The standard InChI is InChI=1S/C23H34N4O2/c28-22(18-8-6-12-24-16-18)27-15-7-9-19(17-27)25-21-11-3-2-10-20(21)23(29)26-13-4-1-5-14-26/h2-3,10-11,18-19,24-25H,1,4-9,12-17H2. The maximum Gasteiger partial charge on any atom is 0.255 e. The van der Waals surface area contributed by atoms with Gasteiger partial charge in [-0.2, -0.15) is 0 Å². The van der Waals surface area contributed by atoms with Crippen LogP contribution in [-0.2, 0) is 4.79 Å². The number of likely N-dealkylation sites (tertiary alicyclic amines) is 2. The monoisotopic (exact) mass is 398 g/mol. The smallest absolute Gasteiger partial charge is 0.255 e. The molecular formula is C23H34N4O2. The first-order valence-electron chi connectivity index (χ1n) is 11.4. The Hall–Kier alpha value is -2.08. The quantitative estimate of drug-likeness (QED) is 0.819. The van der Waals surface area contributed by atoms with Crippen LogP contribution >= 0.6 is 0 Å². The zero-order chi connectivity index (χ0) is 20.1. The van der Waals surface area contributed by atoms with E-state index in [2.05, 4.69) is 10.6 Å². The number of nitrogens with one attached hydrogen (secondary N) is 2. The fourth-order valence-corrected chi connectivity index (χ4v) is 4.90. The number of benzene rings is 1. The summed E-state index contributed by atoms with van der Waals surface area (Å²) in [6.07, 6.45) is 7.51. The Morgan fingerprint density at radius 2 is 1.72 bits per heavy atom. The molecule has 2 unspecified atom stereocenters. The summed E-state index contributed by atoms with van der Waals surface area (Å²) >= 11 is 0. The van der Waals surface area contributed by atoms with Gasteiger partial charge in [-0.3, -0.25) is 9.59 Å². The van der Waals surface area contributed by atoms with Crippen LogP contribution in [0.5, 0.6) is 0 Å². The van der Waals surface area contributed by atoms with Gasteiger partial charge in [-0.25, -0.2) is 0 Å². The van der Waals surface area contributed by atoms with E-state index in [0.717, 1.165) is 89.0 Å². The molecular weight excluding hydrogens is 364 g/mol. The summed E-state index contributed by atoms with van der Waals surface area (Å²) in [5, 5.41) is 6.95. The van der Waals surface area contributed by atoms with E-state index < -0.39 is 0 Å². The van der Waals surface area contributed by atoms with Gasteiger partial charge in [0.25, 0.3) is 5.91 Å². The van der Waals surface area contributed by atoms with Crippen molar-refractivity contribution < 1.29 is 9.59 Å². The van der Waals surface area contributed by atoms with Crippen molar-refractivity contribution >= 4 is 17.5 Å². The average Bonchev–Trinajstić information content (AvgIpc) is 2.80. The van der Waals surface area contributed by atoms with Gasteiger partial charge >= 0.3 is 0 Å². The first kappa shape index (κ1) is 20.2. The van der Waals surface area contributed by atoms with Crippen LogP contribution < -0.4 is 10.6 Å². The normalized spacial score (nSPS) is 25.5. The summed E-state index contributed by atoms with van der Waals surface area (Å²) in [6.45, 7) is 5.11. The first-order chi connectivity index (χ1) is 14.2. The van der Waals surface area contributed by atoms with Crippen molar-refractivity contribution in [3.05, 3.63) is 29.8 Å². The zero-order valence-electron chi connectivity index (χ0n) is 17.4. The minimum absolute atomic E-state index is 0.121. The number of amides is 2. The van der Waals surface area contributed by atoms with Gasteiger partial charge in [0.1, 0.15) is 0 Å². The summed E-state index contributed by atoms with van der Waals surface area (Å²) < 4.78 is 0. The number of anilines is 1. The Morgan fingerprint density at radius 3 is 2.52 bits per heavy atom. The van der Waals surface area contributed by atoms with E-state index in [1.165, 1.54) is 6.42 Å². The molecule has 3 saturated heterocycles. The number of hydrogen-bond acceptors (Lipinski definition) is 4. The van der Waals surface area contributed by atoms with E-state index in [9.17, 15) is 9.59 Å². The van der Waals surface area contributed by atoms with Crippen molar-refractivity contribution in [2.75, 3.05) is 44.6 Å². The molecule has 3 fully saturated rings. The number of carbonyl (C=O) groups is 2. The van der Waals surface area contributed by atoms with Gasteiger partial charge in [0.05, 0.1) is 11.5 Å². The lowest BCUT2D eigenvalue weighted by Crippen LogP contribution is -2.49. The van der Waals surface area contributed by atoms with E-state index in [1.807, 2.05) is 34.1 Å². The zero-order valence-corrected chi connectivity index (χ0v) is 17.4. The van der Waals surface area contributed by atoms with Crippen molar-refractivity contribution in [2.24, 2.45) is 5.92 Å². The highest BCUT2D eigenvalue weighted by Gasteiger charge is 2.30. The van der Waals surface area contributed by atoms with Gasteiger partial charge in [0.2, 0.25) is 5.91 Å². The lowest BCUT2D eigenvalue weighted by atomic mass is 9.96. The largest absolute Gasteiger partial charge is 0.380 e. The maximum atomic E-state index is 13.1. The molecule has 2 amide bonds. The van der Waals surface area contributed by atoms with E-state index in [1.54, 1.807) is 0 Å². The van der Waals surface area contributed by atoms with Crippen LogP contribution in [0.2, 0.25) is 0 Å². The molecule has 3 heterocycles. The van der Waals surface area contributed by atoms with Crippen molar-refractivity contribution in [2.45, 2.75) is 51.0 Å². The Kier molecular flexibility index (Phi) is 6.70. The molecule has 0 spiro atoms. The molecule has 3 aliphatic rings. The summed E-state index contributed by atoms with van der Waals surface area (Å²) in [4.78, 5) is 30.0. The fraction of sp³-hybridized carbons (Fsp3) is 0.652. The van der Waals surface area contributed by atoms with Crippen LogP contribution in [0.1, 0.15) is 55.3 Å².